The third-order valence-corrected chi connectivity index (χ3v) is 4.74. The van der Waals surface area contributed by atoms with Crippen molar-refractivity contribution in [1.29, 1.82) is 0 Å². The van der Waals surface area contributed by atoms with E-state index in [-0.39, 0.29) is 6.04 Å². The normalized spacial score (nSPS) is 30.1. The standard InChI is InChI=1S/C9H18N2O2S/c10-9(8-1-2-8)7-11-3-5-14(12,13)6-4-11/h8-9H,1-7,10H2. The van der Waals surface area contributed by atoms with Gasteiger partial charge in [-0.2, -0.15) is 0 Å². The second-order valence-electron chi connectivity index (χ2n) is 4.45. The summed E-state index contributed by atoms with van der Waals surface area (Å²) in [5, 5.41) is 0. The molecule has 2 rings (SSSR count). The molecule has 1 saturated carbocycles. The van der Waals surface area contributed by atoms with Gasteiger partial charge in [0.1, 0.15) is 0 Å². The van der Waals surface area contributed by atoms with Gasteiger partial charge in [-0.05, 0) is 18.8 Å². The number of nitrogens with two attached hydrogens (primary N) is 1. The van der Waals surface area contributed by atoms with Gasteiger partial charge in [-0.25, -0.2) is 8.42 Å². The maximum atomic E-state index is 11.2. The van der Waals surface area contributed by atoms with E-state index in [0.717, 1.165) is 6.54 Å². The molecule has 2 fully saturated rings. The summed E-state index contributed by atoms with van der Waals surface area (Å²) in [6.45, 7) is 2.21. The average molecular weight is 218 g/mol. The van der Waals surface area contributed by atoms with Crippen LogP contribution in [0, 0.1) is 5.92 Å². The molecule has 0 aromatic rings. The first-order chi connectivity index (χ1) is 6.57. The lowest BCUT2D eigenvalue weighted by molar-refractivity contribution is 0.267. The summed E-state index contributed by atoms with van der Waals surface area (Å²) in [6.07, 6.45) is 2.51. The van der Waals surface area contributed by atoms with Crippen molar-refractivity contribution in [3.05, 3.63) is 0 Å². The Labute approximate surface area is 85.4 Å². The quantitative estimate of drug-likeness (QED) is 0.690. The fraction of sp³-hybridized carbons (Fsp3) is 1.00. The van der Waals surface area contributed by atoms with Crippen molar-refractivity contribution in [2.75, 3.05) is 31.1 Å². The fourth-order valence-corrected chi connectivity index (χ4v) is 3.18. The van der Waals surface area contributed by atoms with Crippen molar-refractivity contribution >= 4 is 9.84 Å². The van der Waals surface area contributed by atoms with E-state index in [9.17, 15) is 8.42 Å². The minimum atomic E-state index is -2.74. The van der Waals surface area contributed by atoms with E-state index in [2.05, 4.69) is 4.90 Å². The second kappa shape index (κ2) is 3.79. The molecule has 14 heavy (non-hydrogen) atoms. The predicted octanol–water partition coefficient (Wildman–Crippen LogP) is -0.546. The molecule has 0 spiro atoms. The summed E-state index contributed by atoms with van der Waals surface area (Å²) in [6, 6.07) is 0.260. The second-order valence-corrected chi connectivity index (χ2v) is 6.76. The van der Waals surface area contributed by atoms with Crippen LogP contribution in [0.3, 0.4) is 0 Å². The third kappa shape index (κ3) is 2.68. The molecule has 1 saturated heterocycles. The van der Waals surface area contributed by atoms with Gasteiger partial charge in [-0.3, -0.25) is 4.90 Å². The van der Waals surface area contributed by atoms with E-state index >= 15 is 0 Å². The van der Waals surface area contributed by atoms with Crippen molar-refractivity contribution in [2.45, 2.75) is 18.9 Å². The Morgan fingerprint density at radius 3 is 2.36 bits per heavy atom. The van der Waals surface area contributed by atoms with Crippen LogP contribution in [0.5, 0.6) is 0 Å². The van der Waals surface area contributed by atoms with Gasteiger partial charge in [0.15, 0.2) is 9.84 Å². The van der Waals surface area contributed by atoms with Gasteiger partial charge in [0, 0.05) is 25.7 Å². The number of nitrogens with zero attached hydrogens (tertiary/aromatic N) is 1. The van der Waals surface area contributed by atoms with E-state index in [4.69, 9.17) is 5.73 Å². The maximum absolute atomic E-state index is 11.2. The van der Waals surface area contributed by atoms with Crippen LogP contribution in [0.15, 0.2) is 0 Å². The van der Waals surface area contributed by atoms with Crippen LogP contribution in [0.4, 0.5) is 0 Å². The number of hydrogen-bond acceptors (Lipinski definition) is 4. The third-order valence-electron chi connectivity index (χ3n) is 3.13. The van der Waals surface area contributed by atoms with Crippen molar-refractivity contribution in [3.63, 3.8) is 0 Å². The highest BCUT2D eigenvalue weighted by Crippen LogP contribution is 2.31. The fourth-order valence-electron chi connectivity index (χ4n) is 1.90. The molecule has 0 bridgehead atoms. The Kier molecular flexibility index (Phi) is 2.81. The summed E-state index contributed by atoms with van der Waals surface area (Å²) in [7, 11) is -2.74. The first-order valence-electron chi connectivity index (χ1n) is 5.25. The number of rotatable bonds is 3. The van der Waals surface area contributed by atoms with E-state index in [1.54, 1.807) is 0 Å². The molecule has 1 aliphatic carbocycles. The zero-order valence-corrected chi connectivity index (χ0v) is 9.17. The Hall–Kier alpha value is -0.130. The highest BCUT2D eigenvalue weighted by atomic mass is 32.2. The smallest absolute Gasteiger partial charge is 0.152 e. The topological polar surface area (TPSA) is 63.4 Å². The average Bonchev–Trinajstić information content (AvgIpc) is 2.91. The molecule has 0 radical (unpaired) electrons. The highest BCUT2D eigenvalue weighted by molar-refractivity contribution is 7.91. The van der Waals surface area contributed by atoms with Crippen LogP contribution in [0.25, 0.3) is 0 Å². The molecule has 2 N–H and O–H groups in total. The molecule has 82 valence electrons. The van der Waals surface area contributed by atoms with Crippen LogP contribution < -0.4 is 5.73 Å². The molecule has 5 heteroatoms. The van der Waals surface area contributed by atoms with E-state index in [1.165, 1.54) is 12.8 Å². The van der Waals surface area contributed by atoms with E-state index < -0.39 is 9.84 Å². The molecule has 1 atom stereocenters. The van der Waals surface area contributed by atoms with Crippen molar-refractivity contribution in [3.8, 4) is 0 Å². The van der Waals surface area contributed by atoms with Gasteiger partial charge < -0.3 is 5.73 Å². The minimum absolute atomic E-state index is 0.260. The molecular formula is C9H18N2O2S. The lowest BCUT2D eigenvalue weighted by Crippen LogP contribution is -2.46. The van der Waals surface area contributed by atoms with Crippen molar-refractivity contribution < 1.29 is 8.42 Å². The van der Waals surface area contributed by atoms with Gasteiger partial charge in [-0.1, -0.05) is 0 Å². The first kappa shape index (κ1) is 10.4. The number of sulfone groups is 1. The summed E-state index contributed by atoms with van der Waals surface area (Å²) < 4.78 is 22.3. The van der Waals surface area contributed by atoms with E-state index in [1.807, 2.05) is 0 Å². The molecular weight excluding hydrogens is 200 g/mol. The lowest BCUT2D eigenvalue weighted by Gasteiger charge is -2.28. The van der Waals surface area contributed by atoms with Crippen molar-refractivity contribution in [2.24, 2.45) is 11.7 Å². The molecule has 4 nitrogen and oxygen atoms in total. The van der Waals surface area contributed by atoms with Crippen LogP contribution in [0.1, 0.15) is 12.8 Å². The van der Waals surface area contributed by atoms with Gasteiger partial charge in [-0.15, -0.1) is 0 Å². The highest BCUT2D eigenvalue weighted by Gasteiger charge is 2.31. The molecule has 0 amide bonds. The Bertz CT molecular complexity index is 284. The summed E-state index contributed by atoms with van der Waals surface area (Å²) in [5.74, 6) is 1.32. The zero-order valence-electron chi connectivity index (χ0n) is 8.35. The zero-order chi connectivity index (χ0) is 10.2. The lowest BCUT2D eigenvalue weighted by atomic mass is 10.2. The first-order valence-corrected chi connectivity index (χ1v) is 7.07. The monoisotopic (exact) mass is 218 g/mol. The molecule has 0 aromatic heterocycles. The van der Waals surface area contributed by atoms with Gasteiger partial charge in [0.25, 0.3) is 0 Å². The maximum Gasteiger partial charge on any atom is 0.152 e. The van der Waals surface area contributed by atoms with Crippen LogP contribution >= 0.6 is 0 Å². The van der Waals surface area contributed by atoms with Crippen LogP contribution in [-0.2, 0) is 9.84 Å². The summed E-state index contributed by atoms with van der Waals surface area (Å²) >= 11 is 0. The van der Waals surface area contributed by atoms with Gasteiger partial charge in [0.05, 0.1) is 11.5 Å². The van der Waals surface area contributed by atoms with E-state index in [0.29, 0.717) is 30.5 Å². The molecule has 1 heterocycles. The summed E-state index contributed by atoms with van der Waals surface area (Å²) in [5.41, 5.74) is 5.99. The van der Waals surface area contributed by atoms with Crippen LogP contribution in [-0.4, -0.2) is 50.5 Å². The van der Waals surface area contributed by atoms with Crippen LogP contribution in [0.2, 0.25) is 0 Å². The Morgan fingerprint density at radius 1 is 1.29 bits per heavy atom. The van der Waals surface area contributed by atoms with Crippen molar-refractivity contribution in [1.82, 2.24) is 4.90 Å². The largest absolute Gasteiger partial charge is 0.326 e. The number of hydrogen-bond donors (Lipinski definition) is 1. The van der Waals surface area contributed by atoms with Gasteiger partial charge >= 0.3 is 0 Å². The summed E-state index contributed by atoms with van der Waals surface area (Å²) in [4.78, 5) is 2.18. The molecule has 0 aromatic carbocycles. The van der Waals surface area contributed by atoms with Gasteiger partial charge in [0.2, 0.25) is 0 Å². The molecule has 2 aliphatic rings. The predicted molar refractivity (Wildman–Crippen MR) is 55.8 cm³/mol. The SMILES string of the molecule is NC(CN1CCS(=O)(=O)CC1)C1CC1. The Morgan fingerprint density at radius 2 is 1.86 bits per heavy atom. The molecule has 1 aliphatic heterocycles. The minimum Gasteiger partial charge on any atom is -0.326 e. The Balaban J connectivity index is 1.77. The molecule has 1 unspecified atom stereocenters.